The van der Waals surface area contributed by atoms with Gasteiger partial charge in [-0.05, 0) is 60.8 Å². The van der Waals surface area contributed by atoms with Gasteiger partial charge in [0.15, 0.2) is 6.20 Å². The molecule has 1 heteroatoms. The van der Waals surface area contributed by atoms with Crippen LogP contribution in [0.4, 0.5) is 0 Å². The summed E-state index contributed by atoms with van der Waals surface area (Å²) < 4.78 is 49.2. The molecule has 0 saturated carbocycles. The summed E-state index contributed by atoms with van der Waals surface area (Å²) in [6.07, 6.45) is 1.93. The first-order valence-electron chi connectivity index (χ1n) is 10.9. The van der Waals surface area contributed by atoms with Crippen LogP contribution in [0.1, 0.15) is 50.2 Å². The molecule has 0 atom stereocenters. The molecule has 1 nitrogen and oxygen atoms in total. The molecular formula is C22H26N+. The van der Waals surface area contributed by atoms with Crippen molar-refractivity contribution in [3.63, 3.8) is 0 Å². The van der Waals surface area contributed by atoms with Crippen molar-refractivity contribution in [1.82, 2.24) is 0 Å². The molecule has 0 saturated heterocycles. The first-order chi connectivity index (χ1) is 13.3. The topological polar surface area (TPSA) is 3.88 Å². The van der Waals surface area contributed by atoms with Crippen molar-refractivity contribution in [2.45, 2.75) is 40.4 Å². The molecule has 0 aliphatic carbocycles. The minimum atomic E-state index is -2.39. The first kappa shape index (κ1) is 9.87. The van der Waals surface area contributed by atoms with Crippen LogP contribution in [-0.2, 0) is 7.05 Å². The van der Waals surface area contributed by atoms with Crippen LogP contribution in [-0.4, -0.2) is 0 Å². The fourth-order valence-electron chi connectivity index (χ4n) is 3.05. The first-order valence-corrected chi connectivity index (χ1v) is 7.89. The molecular weight excluding hydrogens is 278 g/mol. The number of benzene rings is 2. The van der Waals surface area contributed by atoms with Gasteiger partial charge in [-0.15, -0.1) is 0 Å². The van der Waals surface area contributed by atoms with Crippen molar-refractivity contribution in [2.75, 3.05) is 0 Å². The maximum atomic E-state index is 7.91. The zero-order chi connectivity index (χ0) is 21.7. The molecule has 0 bridgehead atoms. The van der Waals surface area contributed by atoms with Gasteiger partial charge in [0.1, 0.15) is 7.05 Å². The van der Waals surface area contributed by atoms with Gasteiger partial charge in [0, 0.05) is 14.3 Å². The van der Waals surface area contributed by atoms with Crippen LogP contribution >= 0.6 is 0 Å². The van der Waals surface area contributed by atoms with E-state index in [0.29, 0.717) is 17.0 Å². The highest BCUT2D eigenvalue weighted by atomic mass is 14.9. The van der Waals surface area contributed by atoms with E-state index in [1.165, 1.54) is 11.6 Å². The van der Waals surface area contributed by atoms with Crippen molar-refractivity contribution in [3.05, 3.63) is 64.8 Å². The second-order valence-corrected chi connectivity index (χ2v) is 6.47. The van der Waals surface area contributed by atoms with E-state index >= 15 is 0 Å². The Balaban J connectivity index is 2.41. The molecule has 0 radical (unpaired) electrons. The van der Waals surface area contributed by atoms with Gasteiger partial charge in [-0.3, -0.25) is 0 Å². The maximum absolute atomic E-state index is 7.91. The molecule has 0 amide bonds. The number of aromatic nitrogens is 1. The van der Waals surface area contributed by atoms with Crippen molar-refractivity contribution in [2.24, 2.45) is 7.05 Å². The molecule has 118 valence electrons. The van der Waals surface area contributed by atoms with Crippen LogP contribution in [0.5, 0.6) is 0 Å². The van der Waals surface area contributed by atoms with Crippen LogP contribution in [0, 0.1) is 20.6 Å². The number of rotatable bonds is 2. The molecule has 0 N–H and O–H groups in total. The summed E-state index contributed by atoms with van der Waals surface area (Å²) in [5, 5.41) is 2.00. The number of hydrogen-bond donors (Lipinski definition) is 0. The Hall–Kier alpha value is -2.15. The maximum Gasteiger partial charge on any atom is 0.220 e. The summed E-state index contributed by atoms with van der Waals surface area (Å²) in [6.45, 7) is 1.24. The second-order valence-electron chi connectivity index (χ2n) is 6.47. The lowest BCUT2D eigenvalue weighted by molar-refractivity contribution is -0.659. The Morgan fingerprint density at radius 2 is 1.87 bits per heavy atom. The smallest absolute Gasteiger partial charge is 0.200 e. The highest BCUT2D eigenvalue weighted by Crippen LogP contribution is 2.31. The van der Waals surface area contributed by atoms with Gasteiger partial charge in [0.05, 0.1) is 10.9 Å². The summed E-state index contributed by atoms with van der Waals surface area (Å²) in [5.41, 5.74) is 3.36. The van der Waals surface area contributed by atoms with Crippen molar-refractivity contribution >= 4 is 10.8 Å². The Kier molecular flexibility index (Phi) is 2.49. The Bertz CT molecular complexity index is 1080. The molecule has 3 aromatic rings. The number of nitrogens with zero attached hydrogens (tertiary/aromatic N) is 1. The summed E-state index contributed by atoms with van der Waals surface area (Å²) in [4.78, 5) is 0. The van der Waals surface area contributed by atoms with E-state index in [2.05, 4.69) is 26.0 Å². The van der Waals surface area contributed by atoms with Gasteiger partial charge in [0.2, 0.25) is 5.69 Å². The molecule has 0 fully saturated rings. The van der Waals surface area contributed by atoms with E-state index in [4.69, 9.17) is 8.22 Å². The van der Waals surface area contributed by atoms with E-state index in [9.17, 15) is 0 Å². The van der Waals surface area contributed by atoms with E-state index in [1.54, 1.807) is 13.0 Å². The van der Waals surface area contributed by atoms with Gasteiger partial charge in [-0.1, -0.05) is 37.6 Å². The zero-order valence-electron chi connectivity index (χ0n) is 20.1. The molecule has 0 aliphatic rings. The second kappa shape index (κ2) is 5.81. The quantitative estimate of drug-likeness (QED) is 0.559. The third-order valence-electron chi connectivity index (χ3n) is 4.49. The molecule has 1 heterocycles. The van der Waals surface area contributed by atoms with Crippen molar-refractivity contribution in [1.29, 1.82) is 0 Å². The van der Waals surface area contributed by atoms with Gasteiger partial charge < -0.3 is 0 Å². The zero-order valence-corrected chi connectivity index (χ0v) is 14.1. The largest absolute Gasteiger partial charge is 0.220 e. The number of aryl methyl sites for hydroxylation is 3. The summed E-state index contributed by atoms with van der Waals surface area (Å²) in [6, 6.07) is 11.2. The van der Waals surface area contributed by atoms with E-state index in [-0.39, 0.29) is 11.1 Å². The Labute approximate surface area is 148 Å². The van der Waals surface area contributed by atoms with E-state index in [0.717, 1.165) is 16.5 Å². The lowest BCUT2D eigenvalue weighted by atomic mass is 9.93. The van der Waals surface area contributed by atoms with Crippen LogP contribution in [0.15, 0.2) is 42.6 Å². The average Bonchev–Trinajstić information content (AvgIpc) is 2.60. The highest BCUT2D eigenvalue weighted by Gasteiger charge is 2.18. The average molecular weight is 310 g/mol. The molecule has 2 aromatic carbocycles. The fourth-order valence-corrected chi connectivity index (χ4v) is 3.05. The summed E-state index contributed by atoms with van der Waals surface area (Å²) in [5.74, 6) is 0.389. The van der Waals surface area contributed by atoms with Crippen LogP contribution in [0.25, 0.3) is 22.0 Å². The van der Waals surface area contributed by atoms with E-state index < -0.39 is 13.7 Å². The predicted octanol–water partition coefficient (Wildman–Crippen LogP) is 5.38. The minimum Gasteiger partial charge on any atom is -0.200 e. The Morgan fingerprint density at radius 1 is 1.04 bits per heavy atom. The summed E-state index contributed by atoms with van der Waals surface area (Å²) in [7, 11) is 1.89. The minimum absolute atomic E-state index is 0.0417. The third kappa shape index (κ3) is 2.76. The van der Waals surface area contributed by atoms with Crippen molar-refractivity contribution in [3.8, 4) is 11.3 Å². The Morgan fingerprint density at radius 3 is 2.57 bits per heavy atom. The van der Waals surface area contributed by atoms with Crippen LogP contribution in [0.3, 0.4) is 0 Å². The van der Waals surface area contributed by atoms with Crippen LogP contribution in [0.2, 0.25) is 0 Å². The lowest BCUT2D eigenvalue weighted by Crippen LogP contribution is -2.30. The predicted molar refractivity (Wildman–Crippen MR) is 98.9 cm³/mol. The van der Waals surface area contributed by atoms with Crippen molar-refractivity contribution < 1.29 is 12.8 Å². The molecule has 0 aliphatic heterocycles. The SMILES string of the molecule is [2H]C([2H])([2H])c1cc(-c2c3ccc(C(C)C)cc3cc[n+]2C)c(C)c(C([2H])([2H])[2H])c1. The molecule has 0 unspecified atom stereocenters. The highest BCUT2D eigenvalue weighted by molar-refractivity contribution is 5.94. The number of fused-ring (bicyclic) bond motifs is 1. The monoisotopic (exact) mass is 310 g/mol. The van der Waals surface area contributed by atoms with E-state index in [1.807, 2.05) is 29.9 Å². The van der Waals surface area contributed by atoms with Gasteiger partial charge in [-0.25, -0.2) is 4.57 Å². The van der Waals surface area contributed by atoms with Gasteiger partial charge in [-0.2, -0.15) is 0 Å². The van der Waals surface area contributed by atoms with Gasteiger partial charge in [0.25, 0.3) is 0 Å². The fraction of sp³-hybridized carbons (Fsp3) is 0.318. The number of hydrogen-bond acceptors (Lipinski definition) is 0. The lowest BCUT2D eigenvalue weighted by Gasteiger charge is -2.12. The van der Waals surface area contributed by atoms with Crippen LogP contribution < -0.4 is 4.57 Å². The molecule has 0 spiro atoms. The molecule has 23 heavy (non-hydrogen) atoms. The van der Waals surface area contributed by atoms with Gasteiger partial charge >= 0.3 is 0 Å². The third-order valence-corrected chi connectivity index (χ3v) is 4.49. The molecule has 1 aromatic heterocycles. The number of pyridine rings is 1. The normalized spacial score (nSPS) is 16.4. The summed E-state index contributed by atoms with van der Waals surface area (Å²) >= 11 is 0. The molecule has 3 rings (SSSR count). The standard InChI is InChI=1S/C22H26N/c1-14(2)18-7-8-20-19(13-18)9-10-23(6)22(20)21-12-15(3)11-16(4)17(21)5/h7-14H,1-6H3/q+1/i3D3,4D3.